The van der Waals surface area contributed by atoms with E-state index in [0.717, 1.165) is 27.1 Å². The van der Waals surface area contributed by atoms with Gasteiger partial charge in [0.05, 0.1) is 29.0 Å². The Morgan fingerprint density at radius 1 is 0.950 bits per heavy atom. The Bertz CT molecular complexity index is 1950. The lowest BCUT2D eigenvalue weighted by molar-refractivity contribution is -0.139. The molecule has 2 heterocycles. The number of ether oxygens (including phenoxy) is 2. The highest BCUT2D eigenvalue weighted by molar-refractivity contribution is 7.07. The highest BCUT2D eigenvalue weighted by atomic mass is 32.1. The van der Waals surface area contributed by atoms with Gasteiger partial charge in [0.15, 0.2) is 4.80 Å². The van der Waals surface area contributed by atoms with E-state index in [1.807, 2.05) is 61.5 Å². The topological polar surface area (TPSA) is 69.9 Å². The largest absolute Gasteiger partial charge is 0.494 e. The lowest BCUT2D eigenvalue weighted by atomic mass is 9.95. The highest BCUT2D eigenvalue weighted by Gasteiger charge is 2.35. The van der Waals surface area contributed by atoms with Gasteiger partial charge >= 0.3 is 5.97 Å². The number of benzene rings is 4. The van der Waals surface area contributed by atoms with Gasteiger partial charge in [-0.3, -0.25) is 9.36 Å². The van der Waals surface area contributed by atoms with Crippen LogP contribution in [0.4, 0.5) is 0 Å². The van der Waals surface area contributed by atoms with E-state index in [9.17, 15) is 9.59 Å². The first kappa shape index (κ1) is 25.8. The smallest absolute Gasteiger partial charge is 0.338 e. The fraction of sp³-hybridized carbons (Fsp3) is 0.182. The van der Waals surface area contributed by atoms with Crippen molar-refractivity contribution in [1.29, 1.82) is 0 Å². The fourth-order valence-corrected chi connectivity index (χ4v) is 6.44. The Kier molecular flexibility index (Phi) is 6.82. The molecule has 4 aromatic carbocycles. The third kappa shape index (κ3) is 4.32. The average Bonchev–Trinajstić information content (AvgIpc) is 3.26. The molecule has 7 heteroatoms. The van der Waals surface area contributed by atoms with E-state index in [4.69, 9.17) is 14.5 Å². The zero-order valence-corrected chi connectivity index (χ0v) is 23.3. The van der Waals surface area contributed by atoms with Gasteiger partial charge in [0.2, 0.25) is 0 Å². The number of esters is 1. The molecule has 5 aromatic rings. The molecular formula is C33H28N2O4S. The summed E-state index contributed by atoms with van der Waals surface area (Å²) in [4.78, 5) is 32.8. The summed E-state index contributed by atoms with van der Waals surface area (Å²) in [6.45, 7) is 6.13. The molecular weight excluding hydrogens is 520 g/mol. The van der Waals surface area contributed by atoms with Crippen LogP contribution in [0, 0.1) is 0 Å². The van der Waals surface area contributed by atoms with E-state index in [2.05, 4.69) is 30.3 Å². The van der Waals surface area contributed by atoms with E-state index >= 15 is 0 Å². The zero-order chi connectivity index (χ0) is 27.8. The van der Waals surface area contributed by atoms with E-state index in [0.29, 0.717) is 38.5 Å². The van der Waals surface area contributed by atoms with Crippen molar-refractivity contribution < 1.29 is 14.3 Å². The van der Waals surface area contributed by atoms with Crippen LogP contribution < -0.4 is 19.6 Å². The summed E-state index contributed by atoms with van der Waals surface area (Å²) in [7, 11) is 0. The molecule has 200 valence electrons. The number of hydrogen-bond acceptors (Lipinski definition) is 6. The maximum absolute atomic E-state index is 14.2. The molecule has 0 amide bonds. The van der Waals surface area contributed by atoms with Crippen molar-refractivity contribution in [2.45, 2.75) is 26.8 Å². The van der Waals surface area contributed by atoms with Crippen LogP contribution in [0.25, 0.3) is 27.6 Å². The van der Waals surface area contributed by atoms with Crippen molar-refractivity contribution in [1.82, 2.24) is 4.57 Å². The number of carbonyl (C=O) groups excluding carboxylic acids is 1. The summed E-state index contributed by atoms with van der Waals surface area (Å²) >= 11 is 1.32. The van der Waals surface area contributed by atoms with E-state index in [1.54, 1.807) is 18.4 Å². The number of carbonyl (C=O) groups is 1. The van der Waals surface area contributed by atoms with Gasteiger partial charge in [-0.1, -0.05) is 78.1 Å². The highest BCUT2D eigenvalue weighted by Crippen LogP contribution is 2.36. The number of rotatable bonds is 6. The Morgan fingerprint density at radius 3 is 2.27 bits per heavy atom. The molecule has 0 radical (unpaired) electrons. The van der Waals surface area contributed by atoms with Crippen LogP contribution in [0.1, 0.15) is 37.9 Å². The van der Waals surface area contributed by atoms with Crippen molar-refractivity contribution >= 4 is 44.9 Å². The second-order valence-electron chi connectivity index (χ2n) is 9.51. The van der Waals surface area contributed by atoms with Gasteiger partial charge in [-0.25, -0.2) is 9.79 Å². The lowest BCUT2D eigenvalue weighted by Crippen LogP contribution is -2.40. The quantitative estimate of drug-likeness (QED) is 0.208. The molecule has 1 unspecified atom stereocenters. The van der Waals surface area contributed by atoms with Crippen LogP contribution in [0.15, 0.2) is 99.9 Å². The number of thiazole rings is 1. The molecule has 0 fully saturated rings. The monoisotopic (exact) mass is 548 g/mol. The normalized spacial score (nSPS) is 15.3. The number of nitrogens with zero attached hydrogens (tertiary/aromatic N) is 2. The molecule has 0 saturated heterocycles. The molecule has 0 aliphatic carbocycles. The molecule has 40 heavy (non-hydrogen) atoms. The molecule has 1 aromatic heterocycles. The minimum atomic E-state index is -0.732. The Labute approximate surface area is 235 Å². The molecule has 6 nitrogen and oxygen atoms in total. The molecule has 1 aliphatic rings. The summed E-state index contributed by atoms with van der Waals surface area (Å²) in [6, 6.07) is 25.3. The number of fused-ring (bicyclic) bond motifs is 3. The molecule has 0 bridgehead atoms. The van der Waals surface area contributed by atoms with Crippen molar-refractivity contribution in [2.75, 3.05) is 13.2 Å². The first-order valence-corrected chi connectivity index (χ1v) is 14.1. The third-order valence-corrected chi connectivity index (χ3v) is 8.10. The number of allylic oxidation sites excluding steroid dienone is 1. The van der Waals surface area contributed by atoms with Gasteiger partial charge in [-0.05, 0) is 66.1 Å². The standard InChI is InChI=1S/C33H28N2O4S/c1-4-38-27-17-11-10-16-25(27)30-29(32(37)39-5-2)20(3)34-33-35(30)31(36)28(40-33)19-26-23-14-8-6-12-21(23)18-22-13-7-9-15-24(22)26/h6-19,30H,4-5H2,1-3H3. The number of para-hydroxylation sites is 1. The van der Waals surface area contributed by atoms with Crippen molar-refractivity contribution in [2.24, 2.45) is 4.99 Å². The average molecular weight is 549 g/mol. The Morgan fingerprint density at radius 2 is 1.60 bits per heavy atom. The fourth-order valence-electron chi connectivity index (χ4n) is 5.41. The van der Waals surface area contributed by atoms with Gasteiger partial charge in [-0.15, -0.1) is 0 Å². The minimum absolute atomic E-state index is 0.216. The van der Waals surface area contributed by atoms with Gasteiger partial charge in [0.1, 0.15) is 11.8 Å². The third-order valence-electron chi connectivity index (χ3n) is 7.12. The number of aromatic nitrogens is 1. The predicted molar refractivity (Wildman–Crippen MR) is 159 cm³/mol. The van der Waals surface area contributed by atoms with Crippen molar-refractivity contribution in [3.8, 4) is 5.75 Å². The first-order chi connectivity index (χ1) is 19.5. The van der Waals surface area contributed by atoms with E-state index in [1.165, 1.54) is 11.3 Å². The molecule has 0 N–H and O–H groups in total. The van der Waals surface area contributed by atoms with Crippen molar-refractivity contribution in [3.05, 3.63) is 121 Å². The van der Waals surface area contributed by atoms with Crippen molar-refractivity contribution in [3.63, 3.8) is 0 Å². The first-order valence-electron chi connectivity index (χ1n) is 13.3. The molecule has 0 spiro atoms. The van der Waals surface area contributed by atoms with Crippen LogP contribution in [0.2, 0.25) is 0 Å². The predicted octanol–water partition coefficient (Wildman–Crippen LogP) is 5.50. The van der Waals surface area contributed by atoms with Gasteiger partial charge < -0.3 is 9.47 Å². The number of hydrogen-bond donors (Lipinski definition) is 0. The van der Waals surface area contributed by atoms with Gasteiger partial charge in [-0.2, -0.15) is 0 Å². The Balaban J connectivity index is 1.65. The maximum Gasteiger partial charge on any atom is 0.338 e. The SMILES string of the molecule is CCOC(=O)C1=C(C)N=c2sc(=Cc3c4ccccc4cc4ccccc34)c(=O)n2C1c1ccccc1OCC. The molecule has 1 atom stereocenters. The van der Waals surface area contributed by atoms with Gasteiger partial charge in [0, 0.05) is 5.56 Å². The Hall–Kier alpha value is -4.49. The van der Waals surface area contributed by atoms with Gasteiger partial charge in [0.25, 0.3) is 5.56 Å². The summed E-state index contributed by atoms with van der Waals surface area (Å²) in [5, 5.41) is 4.33. The molecule has 6 rings (SSSR count). The lowest BCUT2D eigenvalue weighted by Gasteiger charge is -2.26. The molecule has 0 saturated carbocycles. The second-order valence-corrected chi connectivity index (χ2v) is 10.5. The van der Waals surface area contributed by atoms with Crippen LogP contribution >= 0.6 is 11.3 Å². The van der Waals surface area contributed by atoms with Crippen LogP contribution in [0.3, 0.4) is 0 Å². The van der Waals surface area contributed by atoms with E-state index in [-0.39, 0.29) is 12.2 Å². The summed E-state index contributed by atoms with van der Waals surface area (Å²) in [6.07, 6.45) is 1.96. The van der Waals surface area contributed by atoms with Crippen LogP contribution in [-0.2, 0) is 9.53 Å². The van der Waals surface area contributed by atoms with Crippen LogP contribution in [-0.4, -0.2) is 23.8 Å². The summed E-state index contributed by atoms with van der Waals surface area (Å²) in [5.74, 6) is 0.121. The zero-order valence-electron chi connectivity index (χ0n) is 22.5. The second kappa shape index (κ2) is 10.6. The van der Waals surface area contributed by atoms with E-state index < -0.39 is 12.0 Å². The maximum atomic E-state index is 14.2. The summed E-state index contributed by atoms with van der Waals surface area (Å²) in [5.41, 5.74) is 2.34. The molecule has 1 aliphatic heterocycles. The summed E-state index contributed by atoms with van der Waals surface area (Å²) < 4.78 is 13.5. The minimum Gasteiger partial charge on any atom is -0.494 e. The van der Waals surface area contributed by atoms with Crippen LogP contribution in [0.5, 0.6) is 5.75 Å².